The number of fused-ring (bicyclic) bond motifs is 3. The summed E-state index contributed by atoms with van der Waals surface area (Å²) in [6.07, 6.45) is 6.25. The molecular formula is C23H23N3O5. The second kappa shape index (κ2) is 7.68. The molecule has 8 heteroatoms. The second-order valence-electron chi connectivity index (χ2n) is 8.52. The quantitative estimate of drug-likeness (QED) is 0.656. The lowest BCUT2D eigenvalue weighted by atomic mass is 9.89. The van der Waals surface area contributed by atoms with Crippen LogP contribution in [0.25, 0.3) is 16.7 Å². The van der Waals surface area contributed by atoms with Gasteiger partial charge in [0.15, 0.2) is 12.3 Å². The van der Waals surface area contributed by atoms with Gasteiger partial charge in [0.05, 0.1) is 11.1 Å². The SMILES string of the molecule is O=C(O)COc1cccc(-n2c(=O)n(CC3CC4CCC3C4)c(=O)c3cccnc32)c1. The van der Waals surface area contributed by atoms with Crippen molar-refractivity contribution in [3.63, 3.8) is 0 Å². The lowest BCUT2D eigenvalue weighted by Gasteiger charge is -2.23. The number of aliphatic carboxylic acids is 1. The van der Waals surface area contributed by atoms with Gasteiger partial charge in [0, 0.05) is 18.8 Å². The van der Waals surface area contributed by atoms with Gasteiger partial charge >= 0.3 is 11.7 Å². The van der Waals surface area contributed by atoms with Crippen LogP contribution in [-0.2, 0) is 11.3 Å². The Labute approximate surface area is 177 Å². The standard InChI is InChI=1S/C23H23N3O5/c27-20(28)13-31-18-4-1-3-17(11-18)26-21-19(5-2-8-24-21)22(29)25(23(26)30)12-16-10-14-6-7-15(16)9-14/h1-5,8,11,14-16H,6-7,9-10,12-13H2,(H,27,28). The third-order valence-electron chi connectivity index (χ3n) is 6.64. The average Bonchev–Trinajstić information content (AvgIpc) is 3.39. The molecule has 2 aliphatic carbocycles. The Hall–Kier alpha value is -3.42. The van der Waals surface area contributed by atoms with Crippen LogP contribution >= 0.6 is 0 Å². The van der Waals surface area contributed by atoms with Gasteiger partial charge in [0.1, 0.15) is 5.75 Å². The molecule has 2 heterocycles. The number of carboxylic acids is 1. The maximum absolute atomic E-state index is 13.5. The molecule has 0 spiro atoms. The highest BCUT2D eigenvalue weighted by Crippen LogP contribution is 2.48. The van der Waals surface area contributed by atoms with Gasteiger partial charge in [0.25, 0.3) is 5.56 Å². The van der Waals surface area contributed by atoms with Crippen molar-refractivity contribution < 1.29 is 14.6 Å². The molecule has 2 aromatic heterocycles. The van der Waals surface area contributed by atoms with Gasteiger partial charge in [-0.05, 0) is 61.3 Å². The molecule has 3 aromatic rings. The van der Waals surface area contributed by atoms with E-state index in [1.807, 2.05) is 0 Å². The molecule has 1 aromatic carbocycles. The number of aromatic nitrogens is 3. The van der Waals surface area contributed by atoms with Crippen LogP contribution in [0.3, 0.4) is 0 Å². The fourth-order valence-corrected chi connectivity index (χ4v) is 5.27. The molecule has 3 unspecified atom stereocenters. The minimum Gasteiger partial charge on any atom is -0.482 e. The van der Waals surface area contributed by atoms with Gasteiger partial charge in [0.2, 0.25) is 0 Å². The lowest BCUT2D eigenvalue weighted by molar-refractivity contribution is -0.139. The molecule has 160 valence electrons. The van der Waals surface area contributed by atoms with Gasteiger partial charge in [-0.25, -0.2) is 19.1 Å². The monoisotopic (exact) mass is 421 g/mol. The fourth-order valence-electron chi connectivity index (χ4n) is 5.27. The highest BCUT2D eigenvalue weighted by Gasteiger charge is 2.40. The number of carboxylic acid groups (broad SMARTS) is 1. The first-order valence-corrected chi connectivity index (χ1v) is 10.6. The highest BCUT2D eigenvalue weighted by atomic mass is 16.5. The van der Waals surface area contributed by atoms with Crippen LogP contribution in [0, 0.1) is 17.8 Å². The molecule has 0 radical (unpaired) electrons. The maximum atomic E-state index is 13.5. The van der Waals surface area contributed by atoms with Crippen LogP contribution in [0.5, 0.6) is 5.75 Å². The minimum absolute atomic E-state index is 0.275. The molecule has 31 heavy (non-hydrogen) atoms. The van der Waals surface area contributed by atoms with Crippen molar-refractivity contribution in [2.24, 2.45) is 17.8 Å². The third-order valence-corrected chi connectivity index (χ3v) is 6.64. The Balaban J connectivity index is 1.63. The topological polar surface area (TPSA) is 103 Å². The molecule has 2 bridgehead atoms. The molecule has 0 aliphatic heterocycles. The van der Waals surface area contributed by atoms with E-state index in [2.05, 4.69) is 4.98 Å². The number of benzene rings is 1. The Morgan fingerprint density at radius 1 is 1.16 bits per heavy atom. The van der Waals surface area contributed by atoms with Crippen LogP contribution in [0.2, 0.25) is 0 Å². The number of rotatable bonds is 6. The van der Waals surface area contributed by atoms with Gasteiger partial charge in [-0.2, -0.15) is 0 Å². The van der Waals surface area contributed by atoms with Crippen molar-refractivity contribution >= 4 is 17.0 Å². The summed E-state index contributed by atoms with van der Waals surface area (Å²) in [5.74, 6) is 0.882. The average molecular weight is 421 g/mol. The predicted octanol–water partition coefficient (Wildman–Crippen LogP) is 2.45. The predicted molar refractivity (Wildman–Crippen MR) is 114 cm³/mol. The van der Waals surface area contributed by atoms with Crippen molar-refractivity contribution in [3.05, 3.63) is 63.4 Å². The lowest BCUT2D eigenvalue weighted by Crippen LogP contribution is -2.42. The number of pyridine rings is 1. The van der Waals surface area contributed by atoms with E-state index in [0.29, 0.717) is 35.2 Å². The minimum atomic E-state index is -1.09. The van der Waals surface area contributed by atoms with E-state index in [1.165, 1.54) is 28.4 Å². The van der Waals surface area contributed by atoms with Crippen LogP contribution in [-0.4, -0.2) is 31.8 Å². The normalized spacial score (nSPS) is 22.1. The van der Waals surface area contributed by atoms with E-state index in [-0.39, 0.29) is 11.2 Å². The molecule has 3 atom stereocenters. The molecule has 2 fully saturated rings. The Morgan fingerprint density at radius 3 is 2.77 bits per heavy atom. The van der Waals surface area contributed by atoms with Gasteiger partial charge < -0.3 is 9.84 Å². The summed E-state index contributed by atoms with van der Waals surface area (Å²) in [6, 6.07) is 9.98. The summed E-state index contributed by atoms with van der Waals surface area (Å²) >= 11 is 0. The number of carbonyl (C=O) groups is 1. The van der Waals surface area contributed by atoms with Crippen molar-refractivity contribution in [2.75, 3.05) is 6.61 Å². The zero-order valence-electron chi connectivity index (χ0n) is 16.9. The zero-order chi connectivity index (χ0) is 21.5. The van der Waals surface area contributed by atoms with Crippen molar-refractivity contribution in [1.29, 1.82) is 0 Å². The first-order valence-electron chi connectivity index (χ1n) is 10.6. The van der Waals surface area contributed by atoms with Crippen molar-refractivity contribution in [1.82, 2.24) is 14.1 Å². The molecule has 1 N–H and O–H groups in total. The van der Waals surface area contributed by atoms with Crippen LogP contribution < -0.4 is 16.0 Å². The van der Waals surface area contributed by atoms with Crippen LogP contribution in [0.4, 0.5) is 0 Å². The van der Waals surface area contributed by atoms with E-state index >= 15 is 0 Å². The first kappa shape index (κ1) is 19.5. The molecule has 0 amide bonds. The molecule has 5 rings (SSSR count). The molecule has 8 nitrogen and oxygen atoms in total. The summed E-state index contributed by atoms with van der Waals surface area (Å²) in [5.41, 5.74) is -0.00452. The zero-order valence-corrected chi connectivity index (χ0v) is 16.9. The number of ether oxygens (including phenoxy) is 1. The van der Waals surface area contributed by atoms with E-state index in [0.717, 1.165) is 12.3 Å². The second-order valence-corrected chi connectivity index (χ2v) is 8.52. The smallest absolute Gasteiger partial charge is 0.341 e. The number of nitrogens with zero attached hydrogens (tertiary/aromatic N) is 3. The largest absolute Gasteiger partial charge is 0.482 e. The van der Waals surface area contributed by atoms with Gasteiger partial charge in [-0.15, -0.1) is 0 Å². The molecule has 2 saturated carbocycles. The maximum Gasteiger partial charge on any atom is 0.341 e. The molecular weight excluding hydrogens is 398 g/mol. The fraction of sp³-hybridized carbons (Fsp3) is 0.391. The van der Waals surface area contributed by atoms with Crippen molar-refractivity contribution in [3.8, 4) is 11.4 Å². The Morgan fingerprint density at radius 2 is 2.03 bits per heavy atom. The number of hydrogen-bond acceptors (Lipinski definition) is 5. The van der Waals surface area contributed by atoms with Gasteiger partial charge in [-0.3, -0.25) is 9.36 Å². The summed E-state index contributed by atoms with van der Waals surface area (Å²) in [5, 5.41) is 9.24. The first-order chi connectivity index (χ1) is 15.0. The molecule has 2 aliphatic rings. The summed E-state index contributed by atoms with van der Waals surface area (Å²) in [4.78, 5) is 41.9. The van der Waals surface area contributed by atoms with E-state index < -0.39 is 18.3 Å². The third kappa shape index (κ3) is 3.52. The van der Waals surface area contributed by atoms with Gasteiger partial charge in [-0.1, -0.05) is 12.5 Å². The molecule has 0 saturated heterocycles. The Kier molecular flexibility index (Phi) is 4.84. The van der Waals surface area contributed by atoms with E-state index in [1.54, 1.807) is 42.6 Å². The Bertz CT molecular complexity index is 1280. The van der Waals surface area contributed by atoms with E-state index in [9.17, 15) is 14.4 Å². The van der Waals surface area contributed by atoms with Crippen LogP contribution in [0.1, 0.15) is 25.7 Å². The summed E-state index contributed by atoms with van der Waals surface area (Å²) in [7, 11) is 0. The van der Waals surface area contributed by atoms with Crippen molar-refractivity contribution in [2.45, 2.75) is 32.2 Å². The van der Waals surface area contributed by atoms with Crippen LogP contribution in [0.15, 0.2) is 52.2 Å². The number of hydrogen-bond donors (Lipinski definition) is 1. The van der Waals surface area contributed by atoms with E-state index in [4.69, 9.17) is 9.84 Å². The highest BCUT2D eigenvalue weighted by molar-refractivity contribution is 5.75. The summed E-state index contributed by atoms with van der Waals surface area (Å²) < 4.78 is 8.03. The summed E-state index contributed by atoms with van der Waals surface area (Å²) in [6.45, 7) is -0.0695.